The van der Waals surface area contributed by atoms with Crippen molar-refractivity contribution in [3.63, 3.8) is 0 Å². The summed E-state index contributed by atoms with van der Waals surface area (Å²) in [6.45, 7) is 1.88. The zero-order chi connectivity index (χ0) is 14.9. The first-order valence-corrected chi connectivity index (χ1v) is 7.66. The van der Waals surface area contributed by atoms with Gasteiger partial charge in [0.05, 0.1) is 11.9 Å². The molecule has 1 aliphatic rings. The van der Waals surface area contributed by atoms with E-state index >= 15 is 0 Å². The van der Waals surface area contributed by atoms with Crippen LogP contribution in [0.2, 0.25) is 5.02 Å². The monoisotopic (exact) mass is 310 g/mol. The van der Waals surface area contributed by atoms with Crippen LogP contribution in [0, 0.1) is 0 Å². The quantitative estimate of drug-likeness (QED) is 0.790. The van der Waals surface area contributed by atoms with Crippen molar-refractivity contribution < 1.29 is 0 Å². The molecule has 0 atom stereocenters. The highest BCUT2D eigenvalue weighted by molar-refractivity contribution is 6.31. The molecule has 22 heavy (non-hydrogen) atoms. The molecule has 0 unspecified atom stereocenters. The van der Waals surface area contributed by atoms with Crippen molar-refractivity contribution >= 4 is 11.6 Å². The second-order valence-electron chi connectivity index (χ2n) is 5.40. The van der Waals surface area contributed by atoms with Crippen LogP contribution in [0.5, 0.6) is 0 Å². The van der Waals surface area contributed by atoms with E-state index in [1.165, 1.54) is 16.7 Å². The van der Waals surface area contributed by atoms with E-state index in [1.807, 2.05) is 35.3 Å². The molecule has 0 aliphatic carbocycles. The molecule has 1 aliphatic heterocycles. The van der Waals surface area contributed by atoms with E-state index in [0.29, 0.717) is 0 Å². The highest BCUT2D eigenvalue weighted by Crippen LogP contribution is 2.32. The molecule has 3 aromatic rings. The highest BCUT2D eigenvalue weighted by atomic mass is 35.5. The van der Waals surface area contributed by atoms with Crippen LogP contribution >= 0.6 is 11.6 Å². The molecule has 0 saturated heterocycles. The molecule has 5 heteroatoms. The van der Waals surface area contributed by atoms with Gasteiger partial charge >= 0.3 is 0 Å². The number of halogens is 1. The molecule has 2 aromatic heterocycles. The van der Waals surface area contributed by atoms with Gasteiger partial charge in [0.1, 0.15) is 0 Å². The SMILES string of the molecule is Clc1cc2c(c(-c3cnn(-c4ccncc4)c3)c1)CCNC2. The van der Waals surface area contributed by atoms with E-state index in [0.717, 1.165) is 35.8 Å². The molecular weight excluding hydrogens is 296 g/mol. The van der Waals surface area contributed by atoms with Gasteiger partial charge in [0.2, 0.25) is 0 Å². The largest absolute Gasteiger partial charge is 0.312 e. The minimum absolute atomic E-state index is 0.772. The maximum absolute atomic E-state index is 6.29. The summed E-state index contributed by atoms with van der Waals surface area (Å²) in [7, 11) is 0. The van der Waals surface area contributed by atoms with Crippen molar-refractivity contribution in [1.29, 1.82) is 0 Å². The van der Waals surface area contributed by atoms with E-state index < -0.39 is 0 Å². The van der Waals surface area contributed by atoms with Crippen LogP contribution in [0.1, 0.15) is 11.1 Å². The lowest BCUT2D eigenvalue weighted by Crippen LogP contribution is -2.24. The van der Waals surface area contributed by atoms with Gasteiger partial charge in [-0.2, -0.15) is 5.10 Å². The van der Waals surface area contributed by atoms with Crippen molar-refractivity contribution in [1.82, 2.24) is 20.1 Å². The third-order valence-corrected chi connectivity index (χ3v) is 4.21. The van der Waals surface area contributed by atoms with Crippen LogP contribution in [0.15, 0.2) is 49.1 Å². The van der Waals surface area contributed by atoms with Gasteiger partial charge in [-0.05, 0) is 53.9 Å². The molecule has 0 bridgehead atoms. The maximum Gasteiger partial charge on any atom is 0.0676 e. The number of nitrogens with zero attached hydrogens (tertiary/aromatic N) is 3. The van der Waals surface area contributed by atoms with Crippen LogP contribution in [-0.4, -0.2) is 21.3 Å². The Balaban J connectivity index is 1.80. The first kappa shape index (κ1) is 13.5. The van der Waals surface area contributed by atoms with Crippen LogP contribution in [0.3, 0.4) is 0 Å². The van der Waals surface area contributed by atoms with Crippen LogP contribution in [0.4, 0.5) is 0 Å². The summed E-state index contributed by atoms with van der Waals surface area (Å²) in [6, 6.07) is 7.97. The van der Waals surface area contributed by atoms with Crippen molar-refractivity contribution in [2.45, 2.75) is 13.0 Å². The number of hydrogen-bond donors (Lipinski definition) is 1. The fourth-order valence-corrected chi connectivity index (χ4v) is 3.18. The average molecular weight is 311 g/mol. The summed E-state index contributed by atoms with van der Waals surface area (Å²) in [5.74, 6) is 0. The minimum atomic E-state index is 0.772. The molecule has 3 heterocycles. The topological polar surface area (TPSA) is 42.7 Å². The highest BCUT2D eigenvalue weighted by Gasteiger charge is 2.16. The fraction of sp³-hybridized carbons (Fsp3) is 0.176. The normalized spacial score (nSPS) is 13.9. The lowest BCUT2D eigenvalue weighted by molar-refractivity contribution is 0.645. The lowest BCUT2D eigenvalue weighted by Gasteiger charge is -2.20. The summed E-state index contributed by atoms with van der Waals surface area (Å²) >= 11 is 6.29. The predicted molar refractivity (Wildman–Crippen MR) is 87.2 cm³/mol. The van der Waals surface area contributed by atoms with Gasteiger partial charge in [0.25, 0.3) is 0 Å². The molecule has 0 spiro atoms. The number of rotatable bonds is 2. The smallest absolute Gasteiger partial charge is 0.0676 e. The van der Waals surface area contributed by atoms with Gasteiger partial charge in [0.15, 0.2) is 0 Å². The summed E-state index contributed by atoms with van der Waals surface area (Å²) in [5.41, 5.74) is 5.93. The molecule has 0 fully saturated rings. The Morgan fingerprint density at radius 3 is 2.91 bits per heavy atom. The number of nitrogens with one attached hydrogen (secondary N) is 1. The van der Waals surface area contributed by atoms with Gasteiger partial charge in [-0.15, -0.1) is 0 Å². The van der Waals surface area contributed by atoms with E-state index in [9.17, 15) is 0 Å². The number of benzene rings is 1. The molecule has 1 N–H and O–H groups in total. The van der Waals surface area contributed by atoms with Gasteiger partial charge in [0, 0.05) is 35.7 Å². The third-order valence-electron chi connectivity index (χ3n) is 4.00. The zero-order valence-corrected chi connectivity index (χ0v) is 12.7. The van der Waals surface area contributed by atoms with Gasteiger partial charge < -0.3 is 5.32 Å². The number of hydrogen-bond acceptors (Lipinski definition) is 3. The Morgan fingerprint density at radius 1 is 1.18 bits per heavy atom. The van der Waals surface area contributed by atoms with Gasteiger partial charge in [-0.1, -0.05) is 11.6 Å². The number of pyridine rings is 1. The Bertz CT molecular complexity index is 811. The zero-order valence-electron chi connectivity index (χ0n) is 12.0. The third kappa shape index (κ3) is 2.40. The molecule has 4 nitrogen and oxygen atoms in total. The molecule has 4 rings (SSSR count). The van der Waals surface area contributed by atoms with Gasteiger partial charge in [-0.3, -0.25) is 4.98 Å². The van der Waals surface area contributed by atoms with Crippen LogP contribution in [-0.2, 0) is 13.0 Å². The molecule has 0 saturated carbocycles. The van der Waals surface area contributed by atoms with E-state index in [1.54, 1.807) is 12.4 Å². The van der Waals surface area contributed by atoms with Crippen molar-refractivity contribution in [2.24, 2.45) is 0 Å². The second-order valence-corrected chi connectivity index (χ2v) is 5.83. The van der Waals surface area contributed by atoms with Crippen molar-refractivity contribution in [2.75, 3.05) is 6.54 Å². The van der Waals surface area contributed by atoms with E-state index in [-0.39, 0.29) is 0 Å². The Hall–Kier alpha value is -2.17. The Morgan fingerprint density at radius 2 is 2.05 bits per heavy atom. The lowest BCUT2D eigenvalue weighted by atomic mass is 9.93. The standard InChI is InChI=1S/C17H15ClN4/c18-14-7-12-9-20-6-3-16(12)17(8-14)13-10-21-22(11-13)15-1-4-19-5-2-15/h1-2,4-5,7-8,10-11,20H,3,6,9H2. The Kier molecular flexibility index (Phi) is 3.41. The second kappa shape index (κ2) is 5.55. The predicted octanol–water partition coefficient (Wildman–Crippen LogP) is 3.23. The molecular formula is C17H15ClN4. The molecule has 0 radical (unpaired) electrons. The van der Waals surface area contributed by atoms with E-state index in [4.69, 9.17) is 11.6 Å². The summed E-state index contributed by atoms with van der Waals surface area (Å²) in [6.07, 6.45) is 8.49. The first-order valence-electron chi connectivity index (χ1n) is 7.29. The average Bonchev–Trinajstić information content (AvgIpc) is 3.05. The first-order chi connectivity index (χ1) is 10.8. The summed E-state index contributed by atoms with van der Waals surface area (Å²) < 4.78 is 1.87. The summed E-state index contributed by atoms with van der Waals surface area (Å²) in [5, 5.41) is 8.64. The summed E-state index contributed by atoms with van der Waals surface area (Å²) in [4.78, 5) is 4.04. The van der Waals surface area contributed by atoms with Crippen molar-refractivity contribution in [3.05, 3.63) is 65.2 Å². The van der Waals surface area contributed by atoms with E-state index in [2.05, 4.69) is 21.5 Å². The van der Waals surface area contributed by atoms with Gasteiger partial charge in [-0.25, -0.2) is 4.68 Å². The molecule has 0 amide bonds. The fourth-order valence-electron chi connectivity index (χ4n) is 2.94. The Labute approximate surface area is 133 Å². The minimum Gasteiger partial charge on any atom is -0.312 e. The number of aromatic nitrogens is 3. The van der Waals surface area contributed by atoms with Crippen molar-refractivity contribution in [3.8, 4) is 16.8 Å². The molecule has 110 valence electrons. The van der Waals surface area contributed by atoms with Crippen LogP contribution in [0.25, 0.3) is 16.8 Å². The van der Waals surface area contributed by atoms with Crippen LogP contribution < -0.4 is 5.32 Å². The maximum atomic E-state index is 6.29. The molecule has 1 aromatic carbocycles. The number of fused-ring (bicyclic) bond motifs is 1.